The van der Waals surface area contributed by atoms with Crippen LogP contribution < -0.4 is 5.32 Å². The Hall–Kier alpha value is -2.81. The monoisotopic (exact) mass is 242 g/mol. The van der Waals surface area contributed by atoms with Gasteiger partial charge in [-0.2, -0.15) is 10.4 Å². The van der Waals surface area contributed by atoms with Gasteiger partial charge in [0.15, 0.2) is 5.69 Å². The van der Waals surface area contributed by atoms with Crippen molar-refractivity contribution in [3.63, 3.8) is 0 Å². The van der Waals surface area contributed by atoms with E-state index in [-0.39, 0.29) is 6.54 Å². The van der Waals surface area contributed by atoms with Gasteiger partial charge in [-0.05, 0) is 23.8 Å². The van der Waals surface area contributed by atoms with Gasteiger partial charge in [-0.15, -0.1) is 0 Å². The van der Waals surface area contributed by atoms with E-state index in [9.17, 15) is 4.79 Å². The summed E-state index contributed by atoms with van der Waals surface area (Å²) >= 11 is 0. The Bertz CT molecular complexity index is 595. The zero-order chi connectivity index (χ0) is 13.0. The van der Waals surface area contributed by atoms with Crippen molar-refractivity contribution >= 4 is 6.09 Å². The normalized spacial score (nSPS) is 9.72. The molecule has 6 heteroatoms. The van der Waals surface area contributed by atoms with Crippen LogP contribution in [-0.2, 0) is 6.54 Å². The third-order valence-electron chi connectivity index (χ3n) is 2.35. The Balaban J connectivity index is 2.12. The van der Waals surface area contributed by atoms with E-state index in [0.29, 0.717) is 5.69 Å². The molecular formula is C12H10N4O2. The van der Waals surface area contributed by atoms with Crippen molar-refractivity contribution in [2.75, 3.05) is 0 Å². The van der Waals surface area contributed by atoms with E-state index in [1.165, 1.54) is 0 Å². The van der Waals surface area contributed by atoms with E-state index in [4.69, 9.17) is 10.4 Å². The van der Waals surface area contributed by atoms with E-state index in [1.807, 2.05) is 18.2 Å². The van der Waals surface area contributed by atoms with Crippen molar-refractivity contribution in [3.8, 4) is 11.8 Å². The molecule has 2 rings (SSSR count). The molecule has 1 aromatic carbocycles. The summed E-state index contributed by atoms with van der Waals surface area (Å²) in [5.74, 6) is 0. The molecule has 0 aliphatic rings. The van der Waals surface area contributed by atoms with Crippen LogP contribution in [-0.4, -0.2) is 21.0 Å². The highest BCUT2D eigenvalue weighted by Gasteiger charge is 2.01. The van der Waals surface area contributed by atoms with Gasteiger partial charge in [-0.25, -0.2) is 9.48 Å². The molecule has 1 heterocycles. The smallest absolute Gasteiger partial charge is 0.404 e. The van der Waals surface area contributed by atoms with Gasteiger partial charge in [-0.3, -0.25) is 0 Å². The van der Waals surface area contributed by atoms with Crippen LogP contribution in [0.3, 0.4) is 0 Å². The zero-order valence-corrected chi connectivity index (χ0v) is 9.37. The summed E-state index contributed by atoms with van der Waals surface area (Å²) in [6.45, 7) is 0.262. The number of carbonyl (C=O) groups is 1. The highest BCUT2D eigenvalue weighted by atomic mass is 16.4. The van der Waals surface area contributed by atoms with Gasteiger partial charge in [0.25, 0.3) is 0 Å². The van der Waals surface area contributed by atoms with E-state index in [1.54, 1.807) is 29.1 Å². The Morgan fingerprint density at radius 3 is 2.67 bits per heavy atom. The van der Waals surface area contributed by atoms with Crippen LogP contribution in [0, 0.1) is 11.3 Å². The summed E-state index contributed by atoms with van der Waals surface area (Å²) in [5.41, 5.74) is 2.02. The zero-order valence-electron chi connectivity index (χ0n) is 9.37. The molecule has 0 fully saturated rings. The van der Waals surface area contributed by atoms with Crippen LogP contribution in [0.25, 0.3) is 5.69 Å². The standard InChI is InChI=1S/C12H10N4O2/c13-7-10-5-6-16(15-10)11-3-1-9(2-4-11)8-14-12(17)18/h1-6,14H,8H2,(H,17,18). The molecule has 0 spiro atoms. The van der Waals surface area contributed by atoms with E-state index < -0.39 is 6.09 Å². The molecule has 0 atom stereocenters. The Kier molecular flexibility index (Phi) is 3.25. The molecule has 0 saturated heterocycles. The number of nitrogens with one attached hydrogen (secondary N) is 1. The first-order chi connectivity index (χ1) is 8.69. The summed E-state index contributed by atoms with van der Waals surface area (Å²) < 4.78 is 1.59. The molecule has 0 aliphatic carbocycles. The van der Waals surface area contributed by atoms with Crippen molar-refractivity contribution in [2.24, 2.45) is 0 Å². The molecule has 0 aliphatic heterocycles. The van der Waals surface area contributed by atoms with Crippen LogP contribution in [0.4, 0.5) is 4.79 Å². The van der Waals surface area contributed by atoms with Crippen LogP contribution in [0.1, 0.15) is 11.3 Å². The van der Waals surface area contributed by atoms with Crippen LogP contribution in [0.15, 0.2) is 36.5 Å². The first kappa shape index (κ1) is 11.7. The van der Waals surface area contributed by atoms with Gasteiger partial charge in [-0.1, -0.05) is 12.1 Å². The van der Waals surface area contributed by atoms with Gasteiger partial charge in [0.1, 0.15) is 6.07 Å². The Morgan fingerprint density at radius 2 is 2.11 bits per heavy atom. The number of carboxylic acid groups (broad SMARTS) is 1. The maximum absolute atomic E-state index is 10.3. The van der Waals surface area contributed by atoms with Gasteiger partial charge >= 0.3 is 6.09 Å². The quantitative estimate of drug-likeness (QED) is 0.853. The highest BCUT2D eigenvalue weighted by molar-refractivity contribution is 5.64. The fourth-order valence-corrected chi connectivity index (χ4v) is 1.47. The first-order valence-corrected chi connectivity index (χ1v) is 5.21. The summed E-state index contributed by atoms with van der Waals surface area (Å²) in [5, 5.41) is 23.5. The summed E-state index contributed by atoms with van der Waals surface area (Å²) in [6, 6.07) is 10.8. The minimum atomic E-state index is -1.05. The molecule has 18 heavy (non-hydrogen) atoms. The summed E-state index contributed by atoms with van der Waals surface area (Å²) in [7, 11) is 0. The minimum Gasteiger partial charge on any atom is -0.465 e. The van der Waals surface area contributed by atoms with Gasteiger partial charge in [0.2, 0.25) is 0 Å². The summed E-state index contributed by atoms with van der Waals surface area (Å²) in [6.07, 6.45) is 0.646. The van der Waals surface area contributed by atoms with Gasteiger partial charge in [0, 0.05) is 12.7 Å². The number of hydrogen-bond acceptors (Lipinski definition) is 3. The fourth-order valence-electron chi connectivity index (χ4n) is 1.47. The second-order valence-electron chi connectivity index (χ2n) is 3.58. The SMILES string of the molecule is N#Cc1ccn(-c2ccc(CNC(=O)O)cc2)n1. The number of rotatable bonds is 3. The summed E-state index contributed by atoms with van der Waals surface area (Å²) in [4.78, 5) is 10.3. The van der Waals surface area contributed by atoms with Crippen molar-refractivity contribution in [3.05, 3.63) is 47.8 Å². The third kappa shape index (κ3) is 2.65. The Morgan fingerprint density at radius 1 is 1.39 bits per heavy atom. The number of amides is 1. The molecular weight excluding hydrogens is 232 g/mol. The number of nitriles is 1. The van der Waals surface area contributed by atoms with Crippen LogP contribution in [0.2, 0.25) is 0 Å². The molecule has 0 saturated carbocycles. The number of benzene rings is 1. The maximum Gasteiger partial charge on any atom is 0.404 e. The number of nitrogens with zero attached hydrogens (tertiary/aromatic N) is 3. The predicted molar refractivity (Wildman–Crippen MR) is 63.1 cm³/mol. The topological polar surface area (TPSA) is 90.9 Å². The molecule has 0 unspecified atom stereocenters. The molecule has 2 N–H and O–H groups in total. The molecule has 0 radical (unpaired) electrons. The molecule has 1 aromatic heterocycles. The van der Waals surface area contributed by atoms with Crippen LogP contribution in [0.5, 0.6) is 0 Å². The van der Waals surface area contributed by atoms with Crippen molar-refractivity contribution < 1.29 is 9.90 Å². The Labute approximate surface area is 103 Å². The molecule has 6 nitrogen and oxygen atoms in total. The van der Waals surface area contributed by atoms with E-state index in [0.717, 1.165) is 11.3 Å². The first-order valence-electron chi connectivity index (χ1n) is 5.21. The van der Waals surface area contributed by atoms with Crippen LogP contribution >= 0.6 is 0 Å². The number of aromatic nitrogens is 2. The lowest BCUT2D eigenvalue weighted by Crippen LogP contribution is -2.19. The fraction of sp³-hybridized carbons (Fsp3) is 0.0833. The van der Waals surface area contributed by atoms with Crippen molar-refractivity contribution in [1.29, 1.82) is 5.26 Å². The predicted octanol–water partition coefficient (Wildman–Crippen LogP) is 1.51. The lowest BCUT2D eigenvalue weighted by molar-refractivity contribution is 0.194. The van der Waals surface area contributed by atoms with E-state index >= 15 is 0 Å². The highest BCUT2D eigenvalue weighted by Crippen LogP contribution is 2.09. The van der Waals surface area contributed by atoms with Crippen molar-refractivity contribution in [1.82, 2.24) is 15.1 Å². The molecule has 0 bridgehead atoms. The lowest BCUT2D eigenvalue weighted by Gasteiger charge is -2.04. The van der Waals surface area contributed by atoms with Gasteiger partial charge in [0.05, 0.1) is 5.69 Å². The third-order valence-corrected chi connectivity index (χ3v) is 2.35. The number of hydrogen-bond donors (Lipinski definition) is 2. The largest absolute Gasteiger partial charge is 0.465 e. The molecule has 1 amide bonds. The average molecular weight is 242 g/mol. The minimum absolute atomic E-state index is 0.262. The van der Waals surface area contributed by atoms with Gasteiger partial charge < -0.3 is 10.4 Å². The van der Waals surface area contributed by atoms with E-state index in [2.05, 4.69) is 10.4 Å². The van der Waals surface area contributed by atoms with Crippen molar-refractivity contribution in [2.45, 2.75) is 6.54 Å². The average Bonchev–Trinajstić information content (AvgIpc) is 2.85. The molecule has 90 valence electrons. The molecule has 2 aromatic rings. The second-order valence-corrected chi connectivity index (χ2v) is 3.58. The lowest BCUT2D eigenvalue weighted by atomic mass is 10.2. The second kappa shape index (κ2) is 5.01. The maximum atomic E-state index is 10.3.